The summed E-state index contributed by atoms with van der Waals surface area (Å²) in [5.74, 6) is 0. The molecule has 28 heavy (non-hydrogen) atoms. The van der Waals surface area contributed by atoms with E-state index < -0.39 is 36.6 Å². The van der Waals surface area contributed by atoms with E-state index in [1.165, 1.54) is 0 Å². The summed E-state index contributed by atoms with van der Waals surface area (Å²) in [4.78, 5) is 0. The summed E-state index contributed by atoms with van der Waals surface area (Å²) in [5, 5.41) is 21.6. The van der Waals surface area contributed by atoms with Crippen LogP contribution in [0.5, 0.6) is 0 Å². The van der Waals surface area contributed by atoms with Gasteiger partial charge in [-0.15, -0.1) is 0 Å². The third-order valence-corrected chi connectivity index (χ3v) is 5.23. The van der Waals surface area contributed by atoms with E-state index in [2.05, 4.69) is 27.7 Å². The molecule has 1 saturated carbocycles. The molecule has 1 aliphatic rings. The minimum Gasteiger partial charge on any atom is -0.387 e. The van der Waals surface area contributed by atoms with Crippen LogP contribution < -0.4 is 0 Å². The number of hydrogen-bond donors (Lipinski definition) is 2. The van der Waals surface area contributed by atoms with Gasteiger partial charge in [-0.25, -0.2) is 0 Å². The van der Waals surface area contributed by atoms with E-state index in [0.717, 1.165) is 51.4 Å². The second-order valence-electron chi connectivity index (χ2n) is 7.74. The molecule has 0 aromatic carbocycles. The predicted molar refractivity (Wildman–Crippen MR) is 111 cm³/mol. The van der Waals surface area contributed by atoms with Crippen molar-refractivity contribution in [2.75, 3.05) is 26.4 Å². The highest BCUT2D eigenvalue weighted by Gasteiger charge is 2.52. The largest absolute Gasteiger partial charge is 0.387 e. The lowest BCUT2D eigenvalue weighted by Gasteiger charge is -2.47. The molecule has 0 bridgehead atoms. The molecule has 0 saturated heterocycles. The maximum Gasteiger partial charge on any atom is 0.115 e. The minimum atomic E-state index is -1.05. The van der Waals surface area contributed by atoms with Gasteiger partial charge < -0.3 is 29.2 Å². The van der Waals surface area contributed by atoms with E-state index in [4.69, 9.17) is 18.9 Å². The predicted octanol–water partition coefficient (Wildman–Crippen LogP) is 3.46. The molecule has 2 N–H and O–H groups in total. The van der Waals surface area contributed by atoms with Crippen LogP contribution in [0, 0.1) is 0 Å². The Morgan fingerprint density at radius 3 is 0.964 bits per heavy atom. The minimum absolute atomic E-state index is 0.453. The Morgan fingerprint density at radius 1 is 0.464 bits per heavy atom. The molecule has 168 valence electrons. The number of unbranched alkanes of at least 4 members (excludes halogenated alkanes) is 4. The van der Waals surface area contributed by atoms with Crippen molar-refractivity contribution in [2.45, 2.75) is 116 Å². The molecule has 0 spiro atoms. The molecule has 1 aliphatic carbocycles. The second kappa shape index (κ2) is 15.6. The highest BCUT2D eigenvalue weighted by molar-refractivity contribution is 5.02. The summed E-state index contributed by atoms with van der Waals surface area (Å²) in [7, 11) is 0. The first-order valence-corrected chi connectivity index (χ1v) is 11.4. The van der Waals surface area contributed by atoms with Gasteiger partial charge in [0.2, 0.25) is 0 Å². The van der Waals surface area contributed by atoms with Gasteiger partial charge in [0.1, 0.15) is 36.6 Å². The average molecular weight is 405 g/mol. The zero-order chi connectivity index (χ0) is 20.8. The summed E-state index contributed by atoms with van der Waals surface area (Å²) in [5.41, 5.74) is 0. The van der Waals surface area contributed by atoms with E-state index in [9.17, 15) is 10.2 Å². The molecule has 6 atom stereocenters. The Balaban J connectivity index is 2.98. The Bertz CT molecular complexity index is 333. The number of rotatable bonds is 16. The van der Waals surface area contributed by atoms with Crippen LogP contribution in [0.1, 0.15) is 79.1 Å². The van der Waals surface area contributed by atoms with Crippen LogP contribution in [0.4, 0.5) is 0 Å². The van der Waals surface area contributed by atoms with Crippen LogP contribution in [0.15, 0.2) is 0 Å². The molecular formula is C22H44O6. The molecule has 0 aromatic heterocycles. The third kappa shape index (κ3) is 8.25. The molecule has 1 fully saturated rings. The van der Waals surface area contributed by atoms with Crippen molar-refractivity contribution in [2.24, 2.45) is 0 Å². The van der Waals surface area contributed by atoms with Crippen molar-refractivity contribution < 1.29 is 29.2 Å². The first-order valence-electron chi connectivity index (χ1n) is 11.4. The standard InChI is InChI=1S/C22H44O6/c1-5-9-13-25-19-17(23)18(24)20(26-14-10-6-2)22(28-16-12-8-4)21(19)27-15-11-7-3/h17-24H,5-16H2,1-4H3/t17-,18?,19?,20?,21?,22-/m0/s1. The van der Waals surface area contributed by atoms with Gasteiger partial charge in [0.25, 0.3) is 0 Å². The quantitative estimate of drug-likeness (QED) is 0.384. The number of hydrogen-bond acceptors (Lipinski definition) is 6. The van der Waals surface area contributed by atoms with E-state index >= 15 is 0 Å². The van der Waals surface area contributed by atoms with Gasteiger partial charge in [-0.2, -0.15) is 0 Å². The Labute approximate surface area is 171 Å². The van der Waals surface area contributed by atoms with E-state index in [-0.39, 0.29) is 0 Å². The van der Waals surface area contributed by atoms with Crippen LogP contribution in [-0.2, 0) is 18.9 Å². The highest BCUT2D eigenvalue weighted by atomic mass is 16.6. The van der Waals surface area contributed by atoms with Crippen LogP contribution in [-0.4, -0.2) is 73.3 Å². The van der Waals surface area contributed by atoms with E-state index in [1.54, 1.807) is 0 Å². The Morgan fingerprint density at radius 2 is 0.714 bits per heavy atom. The molecule has 6 heteroatoms. The smallest absolute Gasteiger partial charge is 0.115 e. The van der Waals surface area contributed by atoms with Gasteiger partial charge in [-0.1, -0.05) is 53.4 Å². The molecule has 0 amide bonds. The fraction of sp³-hybridized carbons (Fsp3) is 1.00. The summed E-state index contributed by atoms with van der Waals surface area (Å²) in [6.45, 7) is 10.6. The van der Waals surface area contributed by atoms with Crippen molar-refractivity contribution >= 4 is 0 Å². The van der Waals surface area contributed by atoms with Gasteiger partial charge in [0, 0.05) is 26.4 Å². The van der Waals surface area contributed by atoms with Crippen LogP contribution in [0.3, 0.4) is 0 Å². The molecule has 1 rings (SSSR count). The van der Waals surface area contributed by atoms with Crippen molar-refractivity contribution in [1.82, 2.24) is 0 Å². The number of ether oxygens (including phenoxy) is 4. The summed E-state index contributed by atoms with van der Waals surface area (Å²) in [6, 6.07) is 0. The fourth-order valence-corrected chi connectivity index (χ4v) is 3.37. The van der Waals surface area contributed by atoms with Crippen LogP contribution in [0.25, 0.3) is 0 Å². The zero-order valence-corrected chi connectivity index (χ0v) is 18.5. The first-order chi connectivity index (χ1) is 13.6. The lowest BCUT2D eigenvalue weighted by atomic mass is 9.84. The topological polar surface area (TPSA) is 77.4 Å². The maximum absolute atomic E-state index is 10.8. The number of aliphatic hydroxyl groups is 2. The van der Waals surface area contributed by atoms with Gasteiger partial charge in [0.15, 0.2) is 0 Å². The monoisotopic (exact) mass is 404 g/mol. The maximum atomic E-state index is 10.8. The molecule has 0 radical (unpaired) electrons. The Hall–Kier alpha value is -0.240. The average Bonchev–Trinajstić information content (AvgIpc) is 2.69. The SMILES string of the molecule is CCCCOC1C(OCCCC)[C@@H](OCCCC)C(OCCCC)C(O)[C@@H]1O. The van der Waals surface area contributed by atoms with Crippen molar-refractivity contribution in [1.29, 1.82) is 0 Å². The Kier molecular flexibility index (Phi) is 14.4. The lowest BCUT2D eigenvalue weighted by molar-refractivity contribution is -0.266. The fourth-order valence-electron chi connectivity index (χ4n) is 3.37. The summed E-state index contributed by atoms with van der Waals surface area (Å²) < 4.78 is 24.3. The van der Waals surface area contributed by atoms with Gasteiger partial charge >= 0.3 is 0 Å². The number of aliphatic hydroxyl groups excluding tert-OH is 2. The van der Waals surface area contributed by atoms with Crippen LogP contribution in [0.2, 0.25) is 0 Å². The zero-order valence-electron chi connectivity index (χ0n) is 18.5. The first kappa shape index (κ1) is 25.8. The van der Waals surface area contributed by atoms with Crippen molar-refractivity contribution in [3.05, 3.63) is 0 Å². The third-order valence-electron chi connectivity index (χ3n) is 5.23. The van der Waals surface area contributed by atoms with Crippen LogP contribution >= 0.6 is 0 Å². The van der Waals surface area contributed by atoms with E-state index in [0.29, 0.717) is 26.4 Å². The molecular weight excluding hydrogens is 360 g/mol. The molecule has 0 heterocycles. The van der Waals surface area contributed by atoms with Gasteiger partial charge in [0.05, 0.1) is 0 Å². The lowest BCUT2D eigenvalue weighted by Crippen LogP contribution is -2.66. The summed E-state index contributed by atoms with van der Waals surface area (Å²) >= 11 is 0. The van der Waals surface area contributed by atoms with Gasteiger partial charge in [-0.05, 0) is 25.7 Å². The second-order valence-corrected chi connectivity index (χ2v) is 7.74. The van der Waals surface area contributed by atoms with Gasteiger partial charge in [-0.3, -0.25) is 0 Å². The van der Waals surface area contributed by atoms with Crippen molar-refractivity contribution in [3.63, 3.8) is 0 Å². The van der Waals surface area contributed by atoms with Crippen molar-refractivity contribution in [3.8, 4) is 0 Å². The molecule has 4 unspecified atom stereocenters. The molecule has 0 aliphatic heterocycles. The van der Waals surface area contributed by atoms with E-state index in [1.807, 2.05) is 0 Å². The normalized spacial score (nSPS) is 30.6. The summed E-state index contributed by atoms with van der Waals surface area (Å²) in [6.07, 6.45) is 3.48. The molecule has 0 aromatic rings. The molecule has 6 nitrogen and oxygen atoms in total. The highest BCUT2D eigenvalue weighted by Crippen LogP contribution is 2.31.